The Morgan fingerprint density at radius 1 is 1.24 bits per heavy atom. The summed E-state index contributed by atoms with van der Waals surface area (Å²) in [6.45, 7) is 1.91. The molecule has 1 aromatic heterocycles. The lowest BCUT2D eigenvalue weighted by Gasteiger charge is -2.05. The fraction of sp³-hybridized carbons (Fsp3) is 0.0714. The summed E-state index contributed by atoms with van der Waals surface area (Å²) < 4.78 is 0. The van der Waals surface area contributed by atoms with Gasteiger partial charge < -0.3 is 10.4 Å². The minimum absolute atomic E-state index is 0.377. The van der Waals surface area contributed by atoms with Crippen LogP contribution < -0.4 is 10.6 Å². The largest absolute Gasteiger partial charge is 0.478 e. The average molecular weight is 303 g/mol. The van der Waals surface area contributed by atoms with Crippen molar-refractivity contribution in [3.63, 3.8) is 0 Å². The van der Waals surface area contributed by atoms with Crippen molar-refractivity contribution in [3.8, 4) is 0 Å². The van der Waals surface area contributed by atoms with Crippen molar-refractivity contribution in [2.45, 2.75) is 6.92 Å². The molecule has 1 aromatic carbocycles. The van der Waals surface area contributed by atoms with E-state index in [1.54, 1.807) is 30.5 Å². The molecule has 2 rings (SSSR count). The van der Waals surface area contributed by atoms with Crippen LogP contribution in [0.15, 0.2) is 36.5 Å². The third-order valence-corrected chi connectivity index (χ3v) is 3.26. The van der Waals surface area contributed by atoms with Gasteiger partial charge in [-0.15, -0.1) is 11.3 Å². The number of nitrogens with zero attached hydrogens (tertiary/aromatic N) is 1. The zero-order chi connectivity index (χ0) is 15.2. The molecule has 0 radical (unpaired) electrons. The predicted octanol–water partition coefficient (Wildman–Crippen LogP) is 3.19. The minimum Gasteiger partial charge on any atom is -0.478 e. The summed E-state index contributed by atoms with van der Waals surface area (Å²) in [5.74, 6) is -1.00. The number of carbonyl (C=O) groups excluding carboxylic acids is 1. The molecule has 1 heterocycles. The summed E-state index contributed by atoms with van der Waals surface area (Å²) in [7, 11) is 0. The van der Waals surface area contributed by atoms with E-state index in [1.165, 1.54) is 17.4 Å². The number of aliphatic carboxylic acids is 1. The van der Waals surface area contributed by atoms with Gasteiger partial charge in [-0.3, -0.25) is 5.32 Å². The number of aryl methyl sites for hydroxylation is 1. The maximum atomic E-state index is 11.7. The lowest BCUT2D eigenvalue weighted by atomic mass is 10.2. The number of aromatic nitrogens is 1. The van der Waals surface area contributed by atoms with Gasteiger partial charge in [0.1, 0.15) is 0 Å². The number of urea groups is 1. The highest BCUT2D eigenvalue weighted by atomic mass is 32.1. The minimum atomic E-state index is -1.00. The number of thiazole rings is 1. The maximum Gasteiger partial charge on any atom is 0.328 e. The van der Waals surface area contributed by atoms with E-state index in [4.69, 9.17) is 5.11 Å². The molecule has 21 heavy (non-hydrogen) atoms. The Balaban J connectivity index is 1.93. The summed E-state index contributed by atoms with van der Waals surface area (Å²) in [4.78, 5) is 27.2. The van der Waals surface area contributed by atoms with Crippen LogP contribution in [0.25, 0.3) is 6.08 Å². The highest BCUT2D eigenvalue weighted by Gasteiger charge is 2.05. The Morgan fingerprint density at radius 3 is 2.52 bits per heavy atom. The number of carboxylic acids is 1. The molecule has 3 N–H and O–H groups in total. The second kappa shape index (κ2) is 6.67. The normalized spacial score (nSPS) is 10.5. The molecule has 6 nitrogen and oxygen atoms in total. The van der Waals surface area contributed by atoms with Crippen molar-refractivity contribution in [2.75, 3.05) is 10.6 Å². The van der Waals surface area contributed by atoms with E-state index in [0.29, 0.717) is 10.8 Å². The van der Waals surface area contributed by atoms with Gasteiger partial charge in [0.25, 0.3) is 0 Å². The number of benzene rings is 1. The van der Waals surface area contributed by atoms with Gasteiger partial charge in [-0.2, -0.15) is 0 Å². The zero-order valence-corrected chi connectivity index (χ0v) is 12.0. The predicted molar refractivity (Wildman–Crippen MR) is 82.6 cm³/mol. The van der Waals surface area contributed by atoms with Crippen molar-refractivity contribution >= 4 is 40.2 Å². The van der Waals surface area contributed by atoms with Crippen molar-refractivity contribution in [1.82, 2.24) is 4.98 Å². The second-order valence-corrected chi connectivity index (χ2v) is 5.38. The molecule has 108 valence electrons. The maximum absolute atomic E-state index is 11.7. The van der Waals surface area contributed by atoms with Gasteiger partial charge >= 0.3 is 12.0 Å². The SMILES string of the molecule is Cc1cnc(NC(=O)Nc2ccc(C=CC(=O)O)cc2)s1. The number of carbonyl (C=O) groups is 2. The first-order valence-electron chi connectivity index (χ1n) is 6.04. The van der Waals surface area contributed by atoms with E-state index in [0.717, 1.165) is 16.5 Å². The van der Waals surface area contributed by atoms with E-state index in [1.807, 2.05) is 6.92 Å². The monoisotopic (exact) mass is 303 g/mol. The van der Waals surface area contributed by atoms with Crippen molar-refractivity contribution in [2.24, 2.45) is 0 Å². The lowest BCUT2D eigenvalue weighted by molar-refractivity contribution is -0.131. The van der Waals surface area contributed by atoms with Gasteiger partial charge in [0.2, 0.25) is 0 Å². The number of hydrogen-bond acceptors (Lipinski definition) is 4. The molecule has 2 aromatic rings. The number of anilines is 2. The Labute approximate surface area is 125 Å². The van der Waals surface area contributed by atoms with E-state index in [-0.39, 0.29) is 6.03 Å². The summed E-state index contributed by atoms with van der Waals surface area (Å²) >= 11 is 1.39. The molecule has 0 aliphatic heterocycles. The third kappa shape index (κ3) is 4.73. The van der Waals surface area contributed by atoms with Crippen LogP contribution in [0.3, 0.4) is 0 Å². The van der Waals surface area contributed by atoms with E-state index in [2.05, 4.69) is 15.6 Å². The van der Waals surface area contributed by atoms with Gasteiger partial charge in [-0.25, -0.2) is 14.6 Å². The fourth-order valence-electron chi connectivity index (χ4n) is 1.52. The molecule has 0 saturated heterocycles. The third-order valence-electron chi connectivity index (χ3n) is 2.43. The number of rotatable bonds is 4. The average Bonchev–Trinajstić information content (AvgIpc) is 2.83. The van der Waals surface area contributed by atoms with Crippen LogP contribution in [-0.4, -0.2) is 22.1 Å². The highest BCUT2D eigenvalue weighted by Crippen LogP contribution is 2.17. The quantitative estimate of drug-likeness (QED) is 0.756. The number of nitrogens with one attached hydrogen (secondary N) is 2. The van der Waals surface area contributed by atoms with Gasteiger partial charge in [0.15, 0.2) is 5.13 Å². The van der Waals surface area contributed by atoms with Crippen LogP contribution in [-0.2, 0) is 4.79 Å². The first-order valence-corrected chi connectivity index (χ1v) is 6.86. The first kappa shape index (κ1) is 14.7. The molecular formula is C14H13N3O3S. The van der Waals surface area contributed by atoms with Gasteiger partial charge in [-0.1, -0.05) is 12.1 Å². The summed E-state index contributed by atoms with van der Waals surface area (Å²) in [6.07, 6.45) is 4.22. The summed E-state index contributed by atoms with van der Waals surface area (Å²) in [5, 5.41) is 14.4. The zero-order valence-electron chi connectivity index (χ0n) is 11.2. The topological polar surface area (TPSA) is 91.3 Å². The molecule has 0 fully saturated rings. The Hall–Kier alpha value is -2.67. The van der Waals surface area contributed by atoms with Gasteiger partial charge in [0, 0.05) is 22.8 Å². The van der Waals surface area contributed by atoms with Crippen molar-refractivity contribution < 1.29 is 14.7 Å². The molecule has 0 aliphatic rings. The number of amides is 2. The molecule has 0 spiro atoms. The van der Waals surface area contributed by atoms with E-state index in [9.17, 15) is 9.59 Å². The highest BCUT2D eigenvalue weighted by molar-refractivity contribution is 7.15. The smallest absolute Gasteiger partial charge is 0.328 e. The number of hydrogen-bond donors (Lipinski definition) is 3. The molecule has 2 amide bonds. The van der Waals surface area contributed by atoms with Crippen LogP contribution in [0.4, 0.5) is 15.6 Å². The van der Waals surface area contributed by atoms with E-state index < -0.39 is 5.97 Å². The molecule has 7 heteroatoms. The van der Waals surface area contributed by atoms with Gasteiger partial charge in [0.05, 0.1) is 0 Å². The standard InChI is InChI=1S/C14H13N3O3S/c1-9-8-15-14(21-9)17-13(20)16-11-5-2-10(3-6-11)4-7-12(18)19/h2-8H,1H3,(H,18,19)(H2,15,16,17,20). The lowest BCUT2D eigenvalue weighted by Crippen LogP contribution is -2.19. The summed E-state index contributed by atoms with van der Waals surface area (Å²) in [6, 6.07) is 6.42. The first-order chi connectivity index (χ1) is 10.0. The molecule has 0 bridgehead atoms. The van der Waals surface area contributed by atoms with Gasteiger partial charge in [-0.05, 0) is 30.7 Å². The molecular weight excluding hydrogens is 290 g/mol. The van der Waals surface area contributed by atoms with Crippen LogP contribution >= 0.6 is 11.3 Å². The van der Waals surface area contributed by atoms with Crippen LogP contribution in [0.5, 0.6) is 0 Å². The van der Waals surface area contributed by atoms with E-state index >= 15 is 0 Å². The Morgan fingerprint density at radius 2 is 1.95 bits per heavy atom. The summed E-state index contributed by atoms with van der Waals surface area (Å²) in [5.41, 5.74) is 1.34. The fourth-order valence-corrected chi connectivity index (χ4v) is 2.18. The van der Waals surface area contributed by atoms with Crippen LogP contribution in [0, 0.1) is 6.92 Å². The second-order valence-electron chi connectivity index (χ2n) is 4.15. The molecule has 0 unspecified atom stereocenters. The Bertz CT molecular complexity index is 677. The molecule has 0 saturated carbocycles. The molecule has 0 atom stereocenters. The van der Waals surface area contributed by atoms with Crippen LogP contribution in [0.2, 0.25) is 0 Å². The Kier molecular flexibility index (Phi) is 4.68. The van der Waals surface area contributed by atoms with Crippen LogP contribution in [0.1, 0.15) is 10.4 Å². The van der Waals surface area contributed by atoms with Crippen molar-refractivity contribution in [1.29, 1.82) is 0 Å². The number of carboxylic acid groups (broad SMARTS) is 1. The molecule has 0 aliphatic carbocycles. The van der Waals surface area contributed by atoms with Crippen molar-refractivity contribution in [3.05, 3.63) is 47.0 Å².